The van der Waals surface area contributed by atoms with Crippen LogP contribution in [0.1, 0.15) is 17.3 Å². The van der Waals surface area contributed by atoms with Gasteiger partial charge in [-0.15, -0.1) is 0 Å². The molecule has 2 rings (SSSR count). The minimum absolute atomic E-state index is 0.00713. The molecule has 90 valence electrons. The Morgan fingerprint density at radius 2 is 2.35 bits per heavy atom. The molecule has 0 saturated heterocycles. The second kappa shape index (κ2) is 5.39. The van der Waals surface area contributed by atoms with Crippen molar-refractivity contribution in [2.45, 2.75) is 12.5 Å². The van der Waals surface area contributed by atoms with Crippen molar-refractivity contribution in [2.24, 2.45) is 12.9 Å². The number of nitrogens with one attached hydrogen (secondary N) is 1. The summed E-state index contributed by atoms with van der Waals surface area (Å²) in [6.45, 7) is 0. The van der Waals surface area contributed by atoms with Gasteiger partial charge < -0.3 is 4.57 Å². The molecule has 0 amide bonds. The maximum atomic E-state index is 5.57. The molecule has 17 heavy (non-hydrogen) atoms. The van der Waals surface area contributed by atoms with E-state index in [0.29, 0.717) is 0 Å². The van der Waals surface area contributed by atoms with Crippen LogP contribution in [0.15, 0.2) is 35.5 Å². The zero-order valence-electron chi connectivity index (χ0n) is 9.47. The summed E-state index contributed by atoms with van der Waals surface area (Å²) in [7, 11) is 1.94. The first-order valence-electron chi connectivity index (χ1n) is 5.22. The van der Waals surface area contributed by atoms with E-state index in [2.05, 4.69) is 31.3 Å². The van der Waals surface area contributed by atoms with Crippen molar-refractivity contribution in [3.8, 4) is 0 Å². The molecule has 2 aromatic rings. The van der Waals surface area contributed by atoms with Crippen molar-refractivity contribution in [1.82, 2.24) is 20.0 Å². The molecule has 0 spiro atoms. The number of halogens is 1. The van der Waals surface area contributed by atoms with Crippen LogP contribution in [0.25, 0.3) is 0 Å². The lowest BCUT2D eigenvalue weighted by Gasteiger charge is -2.13. The summed E-state index contributed by atoms with van der Waals surface area (Å²) in [6, 6.07) is 2.02. The maximum Gasteiger partial charge on any atom is 0.0947 e. The highest BCUT2D eigenvalue weighted by molar-refractivity contribution is 9.10. The van der Waals surface area contributed by atoms with E-state index >= 15 is 0 Å². The number of aryl methyl sites for hydroxylation is 1. The van der Waals surface area contributed by atoms with Crippen LogP contribution in [0.2, 0.25) is 0 Å². The van der Waals surface area contributed by atoms with E-state index in [1.165, 1.54) is 0 Å². The predicted octanol–water partition coefficient (Wildman–Crippen LogP) is 1.32. The Kier molecular flexibility index (Phi) is 3.88. The summed E-state index contributed by atoms with van der Waals surface area (Å²) >= 11 is 3.40. The van der Waals surface area contributed by atoms with Crippen LogP contribution in [0.3, 0.4) is 0 Å². The van der Waals surface area contributed by atoms with Gasteiger partial charge in [0.1, 0.15) is 0 Å². The minimum Gasteiger partial charge on any atom is -0.340 e. The lowest BCUT2D eigenvalue weighted by molar-refractivity contribution is 0.539. The third-order valence-electron chi connectivity index (χ3n) is 2.48. The SMILES string of the molecule is Cn1cnc(C(Cc2cncc(Br)c2)NN)c1. The van der Waals surface area contributed by atoms with Gasteiger partial charge in [-0.25, -0.2) is 4.98 Å². The van der Waals surface area contributed by atoms with Gasteiger partial charge in [-0.3, -0.25) is 16.3 Å². The van der Waals surface area contributed by atoms with Gasteiger partial charge in [-0.05, 0) is 34.0 Å². The molecule has 3 N–H and O–H groups in total. The van der Waals surface area contributed by atoms with E-state index in [1.54, 1.807) is 12.5 Å². The smallest absolute Gasteiger partial charge is 0.0947 e. The zero-order valence-corrected chi connectivity index (χ0v) is 11.1. The average molecular weight is 296 g/mol. The predicted molar refractivity (Wildman–Crippen MR) is 68.9 cm³/mol. The van der Waals surface area contributed by atoms with Crippen LogP contribution in [-0.2, 0) is 13.5 Å². The van der Waals surface area contributed by atoms with Gasteiger partial charge in [-0.1, -0.05) is 0 Å². The van der Waals surface area contributed by atoms with Crippen LogP contribution >= 0.6 is 15.9 Å². The van der Waals surface area contributed by atoms with Gasteiger partial charge >= 0.3 is 0 Å². The number of hydrazine groups is 1. The van der Waals surface area contributed by atoms with Crippen LogP contribution in [-0.4, -0.2) is 14.5 Å². The Labute approximate surface area is 108 Å². The summed E-state index contributed by atoms with van der Waals surface area (Å²) < 4.78 is 2.87. The van der Waals surface area contributed by atoms with Crippen molar-refractivity contribution in [3.63, 3.8) is 0 Å². The molecule has 0 aromatic carbocycles. The molecular formula is C11H14BrN5. The number of nitrogens with two attached hydrogens (primary N) is 1. The quantitative estimate of drug-likeness (QED) is 0.659. The first-order chi connectivity index (χ1) is 8.19. The van der Waals surface area contributed by atoms with Gasteiger partial charge in [0.15, 0.2) is 0 Å². The lowest BCUT2D eigenvalue weighted by atomic mass is 10.1. The highest BCUT2D eigenvalue weighted by Crippen LogP contribution is 2.17. The van der Waals surface area contributed by atoms with Gasteiger partial charge in [0.2, 0.25) is 0 Å². The van der Waals surface area contributed by atoms with Crippen LogP contribution in [0.4, 0.5) is 0 Å². The number of rotatable bonds is 4. The molecule has 0 aliphatic rings. The van der Waals surface area contributed by atoms with E-state index in [1.807, 2.05) is 30.1 Å². The summed E-state index contributed by atoms with van der Waals surface area (Å²) in [4.78, 5) is 8.42. The molecule has 2 heterocycles. The van der Waals surface area contributed by atoms with E-state index in [0.717, 1.165) is 22.2 Å². The average Bonchev–Trinajstić information content (AvgIpc) is 2.73. The van der Waals surface area contributed by atoms with E-state index in [4.69, 9.17) is 5.84 Å². The number of pyridine rings is 1. The topological polar surface area (TPSA) is 68.8 Å². The zero-order chi connectivity index (χ0) is 12.3. The van der Waals surface area contributed by atoms with E-state index < -0.39 is 0 Å². The summed E-state index contributed by atoms with van der Waals surface area (Å²) in [5.41, 5.74) is 4.81. The summed E-state index contributed by atoms with van der Waals surface area (Å²) in [5, 5.41) is 0. The van der Waals surface area contributed by atoms with Crippen molar-refractivity contribution in [2.75, 3.05) is 0 Å². The monoisotopic (exact) mass is 295 g/mol. The number of hydrogen-bond donors (Lipinski definition) is 2. The third-order valence-corrected chi connectivity index (χ3v) is 2.92. The fraction of sp³-hybridized carbons (Fsp3) is 0.273. The Bertz CT molecular complexity index is 496. The van der Waals surface area contributed by atoms with Crippen molar-refractivity contribution in [3.05, 3.63) is 46.7 Å². The first-order valence-corrected chi connectivity index (χ1v) is 6.01. The fourth-order valence-electron chi connectivity index (χ4n) is 1.67. The van der Waals surface area contributed by atoms with Gasteiger partial charge in [0.05, 0.1) is 18.1 Å². The number of hydrogen-bond acceptors (Lipinski definition) is 4. The largest absolute Gasteiger partial charge is 0.340 e. The van der Waals surface area contributed by atoms with Crippen LogP contribution in [0, 0.1) is 0 Å². The van der Waals surface area contributed by atoms with Crippen molar-refractivity contribution >= 4 is 15.9 Å². The summed E-state index contributed by atoms with van der Waals surface area (Å²) in [6.07, 6.45) is 8.06. The van der Waals surface area contributed by atoms with Crippen LogP contribution < -0.4 is 11.3 Å². The van der Waals surface area contributed by atoms with Gasteiger partial charge in [-0.2, -0.15) is 0 Å². The highest BCUT2D eigenvalue weighted by Gasteiger charge is 2.13. The molecule has 0 fully saturated rings. The Hall–Kier alpha value is -1.24. The number of nitrogens with zero attached hydrogens (tertiary/aromatic N) is 3. The molecule has 0 aliphatic carbocycles. The molecule has 1 atom stereocenters. The Balaban J connectivity index is 2.15. The van der Waals surface area contributed by atoms with Crippen molar-refractivity contribution in [1.29, 1.82) is 0 Å². The molecule has 2 aromatic heterocycles. The van der Waals surface area contributed by atoms with E-state index in [9.17, 15) is 0 Å². The minimum atomic E-state index is -0.00713. The standard InChI is InChI=1S/C11H14BrN5/c1-17-6-11(15-7-17)10(16-13)3-8-2-9(12)5-14-4-8/h2,4-7,10,16H,3,13H2,1H3. The molecule has 5 nitrogen and oxygen atoms in total. The normalized spacial score (nSPS) is 12.6. The number of aromatic nitrogens is 3. The molecule has 1 unspecified atom stereocenters. The second-order valence-electron chi connectivity index (χ2n) is 3.90. The fourth-order valence-corrected chi connectivity index (χ4v) is 2.08. The lowest BCUT2D eigenvalue weighted by Crippen LogP contribution is -2.29. The Morgan fingerprint density at radius 1 is 1.53 bits per heavy atom. The van der Waals surface area contributed by atoms with Crippen molar-refractivity contribution < 1.29 is 0 Å². The molecule has 0 saturated carbocycles. The molecule has 0 aliphatic heterocycles. The second-order valence-corrected chi connectivity index (χ2v) is 4.81. The molecule has 0 radical (unpaired) electrons. The Morgan fingerprint density at radius 3 is 2.94 bits per heavy atom. The van der Waals surface area contributed by atoms with Gasteiger partial charge in [0.25, 0.3) is 0 Å². The first kappa shape index (κ1) is 12.2. The molecular weight excluding hydrogens is 282 g/mol. The summed E-state index contributed by atoms with van der Waals surface area (Å²) in [5.74, 6) is 5.57. The van der Waals surface area contributed by atoms with Gasteiger partial charge in [0, 0.05) is 30.1 Å². The molecule has 6 heteroatoms. The van der Waals surface area contributed by atoms with E-state index in [-0.39, 0.29) is 6.04 Å². The highest BCUT2D eigenvalue weighted by atomic mass is 79.9. The molecule has 0 bridgehead atoms. The van der Waals surface area contributed by atoms with Crippen LogP contribution in [0.5, 0.6) is 0 Å². The third kappa shape index (κ3) is 3.12. The number of imidazole rings is 1. The maximum absolute atomic E-state index is 5.57.